The molecule has 3 heterocycles. The Morgan fingerprint density at radius 2 is 1.73 bits per heavy atom. The van der Waals surface area contributed by atoms with Crippen LogP contribution >= 0.6 is 11.3 Å². The van der Waals surface area contributed by atoms with Gasteiger partial charge in [0.05, 0.1) is 16.8 Å². The highest BCUT2D eigenvalue weighted by molar-refractivity contribution is 7.18. The second kappa shape index (κ2) is 10.7. The molecule has 0 bridgehead atoms. The third kappa shape index (κ3) is 7.28. The quantitative estimate of drug-likeness (QED) is 0.555. The van der Waals surface area contributed by atoms with E-state index in [1.54, 1.807) is 11.3 Å². The van der Waals surface area contributed by atoms with E-state index in [1.165, 1.54) is 30.7 Å². The van der Waals surface area contributed by atoms with Crippen LogP contribution in [0.2, 0.25) is 0 Å². The summed E-state index contributed by atoms with van der Waals surface area (Å²) in [5, 5.41) is 26.6. The van der Waals surface area contributed by atoms with Gasteiger partial charge in [-0.2, -0.15) is 0 Å². The van der Waals surface area contributed by atoms with Gasteiger partial charge in [0.2, 0.25) is 0 Å². The first-order valence-corrected chi connectivity index (χ1v) is 12.0. The summed E-state index contributed by atoms with van der Waals surface area (Å²) in [6.45, 7) is 9.14. The fourth-order valence-electron chi connectivity index (χ4n) is 4.25. The molecule has 1 aliphatic carbocycles. The van der Waals surface area contributed by atoms with Crippen LogP contribution in [0.5, 0.6) is 0 Å². The first-order chi connectivity index (χ1) is 15.5. The first kappa shape index (κ1) is 25.2. The van der Waals surface area contributed by atoms with E-state index >= 15 is 0 Å². The Morgan fingerprint density at radius 3 is 2.27 bits per heavy atom. The summed E-state index contributed by atoms with van der Waals surface area (Å²) >= 11 is 1.76. The second-order valence-corrected chi connectivity index (χ2v) is 10.6. The number of hydrogen-bond acceptors (Lipinski definition) is 8. The van der Waals surface area contributed by atoms with E-state index in [9.17, 15) is 14.7 Å². The van der Waals surface area contributed by atoms with Crippen molar-refractivity contribution in [3.8, 4) is 0 Å². The van der Waals surface area contributed by atoms with Crippen molar-refractivity contribution in [2.75, 3.05) is 13.1 Å². The first-order valence-electron chi connectivity index (χ1n) is 11.2. The van der Waals surface area contributed by atoms with Crippen molar-refractivity contribution >= 4 is 33.6 Å². The maximum atomic E-state index is 9.77. The number of carbonyl (C=O) groups is 2. The number of fused-ring (bicyclic) bond motifs is 1. The van der Waals surface area contributed by atoms with E-state index in [2.05, 4.69) is 28.7 Å². The highest BCUT2D eigenvalue weighted by Gasteiger charge is 2.30. The van der Waals surface area contributed by atoms with Crippen LogP contribution in [0, 0.1) is 12.3 Å². The molecule has 9 nitrogen and oxygen atoms in total. The number of aliphatic hydroxyl groups is 1. The molecule has 0 spiro atoms. The number of β-amino-alcohol motifs (C(OH)–C–C–N with tert-alkyl or cyclic N) is 1. The molecule has 1 saturated heterocycles. The minimum atomic E-state index is -1.26. The van der Waals surface area contributed by atoms with Crippen LogP contribution in [-0.4, -0.2) is 66.3 Å². The van der Waals surface area contributed by atoms with Gasteiger partial charge in [-0.3, -0.25) is 4.90 Å². The maximum Gasteiger partial charge on any atom is 0.328 e. The number of carboxylic acids is 2. The summed E-state index contributed by atoms with van der Waals surface area (Å²) < 4.78 is 0. The summed E-state index contributed by atoms with van der Waals surface area (Å²) in [5.41, 5.74) is 2.48. The van der Waals surface area contributed by atoms with Crippen LogP contribution in [-0.2, 0) is 16.1 Å². The average Bonchev–Trinajstić information content (AvgIpc) is 3.33. The molecule has 2 fully saturated rings. The minimum Gasteiger partial charge on any atom is -0.478 e. The van der Waals surface area contributed by atoms with Gasteiger partial charge >= 0.3 is 11.9 Å². The number of carboxylic acid groups (broad SMARTS) is 2. The molecule has 0 radical (unpaired) electrons. The molecular formula is C23H32N4O5S. The average molecular weight is 477 g/mol. The Labute approximate surface area is 197 Å². The predicted octanol–water partition coefficient (Wildman–Crippen LogP) is 3.36. The molecule has 4 rings (SSSR count). The number of aromatic nitrogens is 3. The van der Waals surface area contributed by atoms with Crippen LogP contribution in [0.25, 0.3) is 10.3 Å². The maximum absolute atomic E-state index is 9.77. The summed E-state index contributed by atoms with van der Waals surface area (Å²) in [5.74, 6) is -1.11. The third-order valence-corrected chi connectivity index (χ3v) is 7.25. The molecule has 1 saturated carbocycles. The van der Waals surface area contributed by atoms with E-state index in [-0.39, 0.29) is 6.10 Å². The molecule has 0 amide bonds. The van der Waals surface area contributed by atoms with Gasteiger partial charge in [-0.25, -0.2) is 24.5 Å². The molecule has 0 unspecified atom stereocenters. The van der Waals surface area contributed by atoms with Crippen molar-refractivity contribution in [1.82, 2.24) is 19.9 Å². The molecular weight excluding hydrogens is 444 g/mol. The zero-order valence-electron chi connectivity index (χ0n) is 19.3. The molecule has 2 aromatic rings. The minimum absolute atomic E-state index is 0.199. The number of aliphatic hydroxyl groups excluding tert-OH is 1. The number of thiazole rings is 1. The predicted molar refractivity (Wildman–Crippen MR) is 125 cm³/mol. The molecule has 1 aliphatic heterocycles. The van der Waals surface area contributed by atoms with Gasteiger partial charge in [-0.05, 0) is 44.4 Å². The molecule has 2 aliphatic rings. The fraction of sp³-hybridized carbons (Fsp3) is 0.609. The summed E-state index contributed by atoms with van der Waals surface area (Å²) in [7, 11) is 0. The summed E-state index contributed by atoms with van der Waals surface area (Å²) in [4.78, 5) is 36.7. The fourth-order valence-corrected chi connectivity index (χ4v) is 5.43. The largest absolute Gasteiger partial charge is 0.478 e. The molecule has 1 atom stereocenters. The topological polar surface area (TPSA) is 137 Å². The monoisotopic (exact) mass is 476 g/mol. The lowest BCUT2D eigenvalue weighted by atomic mass is 9.73. The lowest BCUT2D eigenvalue weighted by Gasteiger charge is -2.33. The van der Waals surface area contributed by atoms with Gasteiger partial charge in [-0.15, -0.1) is 0 Å². The molecule has 180 valence electrons. The standard InChI is InChI=1S/C19H28N4OS.C4H4O4/c1-12-20-15(11-23-9-6-14(24)10-23)16-18(21-12)25-17(22-16)13-4-7-19(2,3)8-5-13;5-3(6)1-2-4(7)8/h13-14,24H,4-11H2,1-3H3;1-2H,(H,5,6)(H,7,8)/t14-;/m0./s1. The number of hydrogen-bond donors (Lipinski definition) is 3. The normalized spacial score (nSPS) is 21.3. The van der Waals surface area contributed by atoms with Gasteiger partial charge < -0.3 is 15.3 Å². The zero-order valence-corrected chi connectivity index (χ0v) is 20.1. The van der Waals surface area contributed by atoms with Crippen LogP contribution in [0.15, 0.2) is 12.2 Å². The Hall–Kier alpha value is -2.43. The van der Waals surface area contributed by atoms with Crippen LogP contribution in [0.4, 0.5) is 0 Å². The van der Waals surface area contributed by atoms with Gasteiger partial charge in [0.25, 0.3) is 0 Å². The number of rotatable bonds is 5. The smallest absolute Gasteiger partial charge is 0.328 e. The van der Waals surface area contributed by atoms with E-state index in [1.807, 2.05) is 6.92 Å². The van der Waals surface area contributed by atoms with Crippen LogP contribution < -0.4 is 0 Å². The Kier molecular flexibility index (Phi) is 8.14. The Morgan fingerprint density at radius 1 is 1.09 bits per heavy atom. The summed E-state index contributed by atoms with van der Waals surface area (Å²) in [6, 6.07) is 0. The number of aliphatic carboxylic acids is 2. The van der Waals surface area contributed by atoms with E-state index < -0.39 is 11.9 Å². The number of nitrogens with zero attached hydrogens (tertiary/aromatic N) is 4. The SMILES string of the molecule is Cc1nc(CN2CC[C@H](O)C2)c2nc(C3CCC(C)(C)CC3)sc2n1.O=C(O)C=CC(=O)O. The zero-order chi connectivity index (χ0) is 24.2. The highest BCUT2D eigenvalue weighted by atomic mass is 32.1. The molecule has 0 aromatic carbocycles. The van der Waals surface area contributed by atoms with Crippen molar-refractivity contribution in [2.24, 2.45) is 5.41 Å². The van der Waals surface area contributed by atoms with Crippen molar-refractivity contribution in [3.63, 3.8) is 0 Å². The number of likely N-dealkylation sites (tertiary alicyclic amines) is 1. The third-order valence-electron chi connectivity index (χ3n) is 6.14. The summed E-state index contributed by atoms with van der Waals surface area (Å²) in [6.07, 6.45) is 6.78. The second-order valence-electron chi connectivity index (χ2n) is 9.55. The molecule has 10 heteroatoms. The van der Waals surface area contributed by atoms with Gasteiger partial charge in [-0.1, -0.05) is 25.2 Å². The van der Waals surface area contributed by atoms with Gasteiger partial charge in [0.15, 0.2) is 0 Å². The van der Waals surface area contributed by atoms with Crippen molar-refractivity contribution in [3.05, 3.63) is 28.7 Å². The van der Waals surface area contributed by atoms with Crippen LogP contribution in [0.3, 0.4) is 0 Å². The highest BCUT2D eigenvalue weighted by Crippen LogP contribution is 2.44. The van der Waals surface area contributed by atoms with E-state index in [0.29, 0.717) is 23.5 Å². The van der Waals surface area contributed by atoms with Crippen LogP contribution in [0.1, 0.15) is 68.4 Å². The molecule has 33 heavy (non-hydrogen) atoms. The Bertz CT molecular complexity index is 1010. The van der Waals surface area contributed by atoms with Crippen molar-refractivity contribution < 1.29 is 24.9 Å². The molecule has 3 N–H and O–H groups in total. The lowest BCUT2D eigenvalue weighted by molar-refractivity contribution is -0.134. The van der Waals surface area contributed by atoms with Gasteiger partial charge in [0, 0.05) is 37.7 Å². The van der Waals surface area contributed by atoms with E-state index in [4.69, 9.17) is 15.2 Å². The number of aryl methyl sites for hydroxylation is 1. The lowest BCUT2D eigenvalue weighted by Crippen LogP contribution is -2.22. The van der Waals surface area contributed by atoms with Crippen molar-refractivity contribution in [1.29, 1.82) is 0 Å². The molecule has 2 aromatic heterocycles. The Balaban J connectivity index is 0.000000331. The van der Waals surface area contributed by atoms with Crippen molar-refractivity contribution in [2.45, 2.75) is 71.4 Å². The van der Waals surface area contributed by atoms with Gasteiger partial charge in [0.1, 0.15) is 16.2 Å². The van der Waals surface area contributed by atoms with E-state index in [0.717, 1.165) is 47.9 Å².